The largest absolute Gasteiger partial charge is 0.506 e. The van der Waals surface area contributed by atoms with Gasteiger partial charge in [-0.3, -0.25) is 0 Å². The fourth-order valence-corrected chi connectivity index (χ4v) is 2.58. The maximum Gasteiger partial charge on any atom is 0.141 e. The van der Waals surface area contributed by atoms with E-state index in [-0.39, 0.29) is 5.75 Å². The first-order valence-electron chi connectivity index (χ1n) is 5.57. The van der Waals surface area contributed by atoms with Gasteiger partial charge in [0.15, 0.2) is 0 Å². The molecule has 0 atom stereocenters. The average molecular weight is 253 g/mol. The van der Waals surface area contributed by atoms with E-state index in [1.165, 1.54) is 0 Å². The molecular weight excluding hydrogens is 242 g/mol. The van der Waals surface area contributed by atoms with Crippen LogP contribution in [-0.4, -0.2) is 10.1 Å². The normalized spacial score (nSPS) is 10.7. The summed E-state index contributed by atoms with van der Waals surface area (Å²) in [6, 6.07) is 13.3. The molecule has 2 nitrogen and oxygen atoms in total. The van der Waals surface area contributed by atoms with Gasteiger partial charge in [0, 0.05) is 15.8 Å². The topological polar surface area (TPSA) is 33.1 Å². The van der Waals surface area contributed by atoms with E-state index in [4.69, 9.17) is 0 Å². The smallest absolute Gasteiger partial charge is 0.141 e. The van der Waals surface area contributed by atoms with Gasteiger partial charge in [-0.05, 0) is 23.6 Å². The molecule has 0 saturated heterocycles. The van der Waals surface area contributed by atoms with Crippen LogP contribution in [-0.2, 0) is 0 Å². The molecule has 3 aromatic rings. The van der Waals surface area contributed by atoms with Gasteiger partial charge in [-0.15, -0.1) is 11.3 Å². The number of thiophene rings is 1. The number of hydrogen-bond donors (Lipinski definition) is 1. The number of benzene rings is 1. The van der Waals surface area contributed by atoms with Gasteiger partial charge >= 0.3 is 0 Å². The molecule has 0 saturated carbocycles. The van der Waals surface area contributed by atoms with E-state index in [9.17, 15) is 5.11 Å². The number of nitrogens with zero attached hydrogens (tertiary/aromatic N) is 1. The van der Waals surface area contributed by atoms with Crippen molar-refractivity contribution in [3.63, 3.8) is 0 Å². The Kier molecular flexibility index (Phi) is 2.61. The van der Waals surface area contributed by atoms with Crippen molar-refractivity contribution in [3.05, 3.63) is 65.0 Å². The summed E-state index contributed by atoms with van der Waals surface area (Å²) in [5.74, 6) is 0.202. The van der Waals surface area contributed by atoms with Crippen molar-refractivity contribution in [2.24, 2.45) is 0 Å². The Morgan fingerprint density at radius 3 is 2.78 bits per heavy atom. The van der Waals surface area contributed by atoms with E-state index >= 15 is 0 Å². The van der Waals surface area contributed by atoms with Crippen LogP contribution >= 0.6 is 11.3 Å². The summed E-state index contributed by atoms with van der Waals surface area (Å²) < 4.78 is 0. The van der Waals surface area contributed by atoms with Crippen molar-refractivity contribution in [3.8, 4) is 5.75 Å². The molecule has 3 rings (SSSR count). The Bertz CT molecular complexity index is 716. The fourth-order valence-electron chi connectivity index (χ4n) is 1.88. The summed E-state index contributed by atoms with van der Waals surface area (Å²) in [4.78, 5) is 5.58. The van der Waals surface area contributed by atoms with Crippen molar-refractivity contribution in [1.29, 1.82) is 0 Å². The first kappa shape index (κ1) is 11.0. The van der Waals surface area contributed by atoms with Gasteiger partial charge in [-0.25, -0.2) is 4.98 Å². The second-order valence-corrected chi connectivity index (χ2v) is 4.95. The summed E-state index contributed by atoms with van der Waals surface area (Å²) in [6.45, 7) is 4.07. The second kappa shape index (κ2) is 4.27. The number of rotatable bonds is 2. The van der Waals surface area contributed by atoms with Crippen molar-refractivity contribution < 1.29 is 5.11 Å². The molecule has 1 N–H and O–H groups in total. The standard InChI is InChI=1S/C15H11NOS/c1-10(14-6-3-9-18-14)12-8-7-11-4-2-5-13(17)15(11)16-12/h2-9,17H,1H2. The number of phenolic OH excluding ortho intramolecular Hbond substituents is 1. The molecule has 88 valence electrons. The SMILES string of the molecule is C=C(c1ccc2cccc(O)c2n1)c1cccs1. The van der Waals surface area contributed by atoms with E-state index in [0.717, 1.165) is 21.5 Å². The molecule has 1 aromatic carbocycles. The zero-order chi connectivity index (χ0) is 12.5. The third kappa shape index (κ3) is 1.79. The van der Waals surface area contributed by atoms with Crippen LogP contribution in [0.1, 0.15) is 10.6 Å². The predicted molar refractivity (Wildman–Crippen MR) is 75.9 cm³/mol. The maximum atomic E-state index is 9.82. The number of fused-ring (bicyclic) bond motifs is 1. The molecule has 0 bridgehead atoms. The molecule has 18 heavy (non-hydrogen) atoms. The molecule has 0 aliphatic heterocycles. The van der Waals surface area contributed by atoms with Crippen molar-refractivity contribution >= 4 is 27.8 Å². The quantitative estimate of drug-likeness (QED) is 0.747. The van der Waals surface area contributed by atoms with Crippen LogP contribution in [0.5, 0.6) is 5.75 Å². The number of phenols is 1. The maximum absolute atomic E-state index is 9.82. The molecule has 2 aromatic heterocycles. The minimum atomic E-state index is 0.202. The molecule has 3 heteroatoms. The lowest BCUT2D eigenvalue weighted by molar-refractivity contribution is 0.480. The Labute approximate surface area is 109 Å². The monoisotopic (exact) mass is 253 g/mol. The number of hydrogen-bond acceptors (Lipinski definition) is 3. The average Bonchev–Trinajstić information content (AvgIpc) is 2.92. The highest BCUT2D eigenvalue weighted by Crippen LogP contribution is 2.28. The molecule has 0 spiro atoms. The zero-order valence-electron chi connectivity index (χ0n) is 9.63. The zero-order valence-corrected chi connectivity index (χ0v) is 10.4. The molecule has 0 aliphatic rings. The van der Waals surface area contributed by atoms with E-state index in [1.807, 2.05) is 41.8 Å². The minimum absolute atomic E-state index is 0.202. The van der Waals surface area contributed by atoms with Crippen LogP contribution in [0, 0.1) is 0 Å². The van der Waals surface area contributed by atoms with Crippen LogP contribution in [0.3, 0.4) is 0 Å². The number of aromatic hydroxyl groups is 1. The minimum Gasteiger partial charge on any atom is -0.506 e. The van der Waals surface area contributed by atoms with Crippen molar-refractivity contribution in [1.82, 2.24) is 4.98 Å². The Hall–Kier alpha value is -2.13. The summed E-state index contributed by atoms with van der Waals surface area (Å²) in [5.41, 5.74) is 2.30. The number of pyridine rings is 1. The van der Waals surface area contributed by atoms with Crippen LogP contribution in [0.15, 0.2) is 54.4 Å². The lowest BCUT2D eigenvalue weighted by atomic mass is 10.1. The van der Waals surface area contributed by atoms with Gasteiger partial charge < -0.3 is 5.11 Å². The molecule has 0 unspecified atom stereocenters. The lowest BCUT2D eigenvalue weighted by Crippen LogP contribution is -1.89. The molecule has 2 heterocycles. The summed E-state index contributed by atoms with van der Waals surface area (Å²) >= 11 is 1.63. The Morgan fingerprint density at radius 2 is 2.00 bits per heavy atom. The predicted octanol–water partition coefficient (Wildman–Crippen LogP) is 4.06. The molecular formula is C15H11NOS. The van der Waals surface area contributed by atoms with Crippen LogP contribution in [0.2, 0.25) is 0 Å². The van der Waals surface area contributed by atoms with Gasteiger partial charge in [-0.2, -0.15) is 0 Å². The van der Waals surface area contributed by atoms with E-state index in [0.29, 0.717) is 5.52 Å². The molecule has 0 radical (unpaired) electrons. The summed E-state index contributed by atoms with van der Waals surface area (Å²) in [7, 11) is 0. The Balaban J connectivity index is 2.14. The number of aromatic nitrogens is 1. The molecule has 0 amide bonds. The second-order valence-electron chi connectivity index (χ2n) is 4.00. The van der Waals surface area contributed by atoms with Gasteiger partial charge in [0.1, 0.15) is 11.3 Å². The van der Waals surface area contributed by atoms with Gasteiger partial charge in [0.2, 0.25) is 0 Å². The van der Waals surface area contributed by atoms with Crippen LogP contribution in [0.4, 0.5) is 0 Å². The van der Waals surface area contributed by atoms with E-state index in [1.54, 1.807) is 17.4 Å². The third-order valence-electron chi connectivity index (χ3n) is 2.83. The van der Waals surface area contributed by atoms with E-state index in [2.05, 4.69) is 11.6 Å². The van der Waals surface area contributed by atoms with Crippen LogP contribution in [0.25, 0.3) is 16.5 Å². The van der Waals surface area contributed by atoms with E-state index < -0.39 is 0 Å². The third-order valence-corrected chi connectivity index (χ3v) is 3.76. The number of para-hydroxylation sites is 1. The summed E-state index contributed by atoms with van der Waals surface area (Å²) in [5, 5.41) is 12.8. The highest BCUT2D eigenvalue weighted by atomic mass is 32.1. The first-order chi connectivity index (χ1) is 8.75. The summed E-state index contributed by atoms with van der Waals surface area (Å²) in [6.07, 6.45) is 0. The molecule has 0 fully saturated rings. The fraction of sp³-hybridized carbons (Fsp3) is 0. The highest BCUT2D eigenvalue weighted by Gasteiger charge is 2.07. The van der Waals surface area contributed by atoms with Gasteiger partial charge in [0.25, 0.3) is 0 Å². The lowest BCUT2D eigenvalue weighted by Gasteiger charge is -2.05. The molecule has 0 aliphatic carbocycles. The van der Waals surface area contributed by atoms with Gasteiger partial charge in [-0.1, -0.05) is 30.8 Å². The van der Waals surface area contributed by atoms with Crippen molar-refractivity contribution in [2.75, 3.05) is 0 Å². The Morgan fingerprint density at radius 1 is 1.11 bits per heavy atom. The van der Waals surface area contributed by atoms with Gasteiger partial charge in [0.05, 0.1) is 5.69 Å². The van der Waals surface area contributed by atoms with Crippen LogP contribution < -0.4 is 0 Å². The highest BCUT2D eigenvalue weighted by molar-refractivity contribution is 7.11. The van der Waals surface area contributed by atoms with Crippen molar-refractivity contribution in [2.45, 2.75) is 0 Å². The first-order valence-corrected chi connectivity index (χ1v) is 6.45.